The predicted molar refractivity (Wildman–Crippen MR) is 83.3 cm³/mol. The Morgan fingerprint density at radius 3 is 2.43 bits per heavy atom. The Balaban J connectivity index is 1.90. The van der Waals surface area contributed by atoms with Gasteiger partial charge < -0.3 is 9.52 Å². The van der Waals surface area contributed by atoms with Crippen LogP contribution >= 0.6 is 0 Å². The zero-order valence-corrected chi connectivity index (χ0v) is 11.5. The van der Waals surface area contributed by atoms with Gasteiger partial charge in [0.1, 0.15) is 11.3 Å². The van der Waals surface area contributed by atoms with Crippen molar-refractivity contribution in [2.75, 3.05) is 0 Å². The van der Waals surface area contributed by atoms with E-state index in [1.165, 1.54) is 0 Å². The largest absolute Gasteiger partial charge is 0.478 e. The summed E-state index contributed by atoms with van der Waals surface area (Å²) in [4.78, 5) is 10.8. The summed E-state index contributed by atoms with van der Waals surface area (Å²) >= 11 is 0. The summed E-state index contributed by atoms with van der Waals surface area (Å²) in [7, 11) is 0. The Kier molecular flexibility index (Phi) is 3.32. The van der Waals surface area contributed by atoms with Crippen LogP contribution in [0.2, 0.25) is 0 Å². The number of benzene rings is 2. The third kappa shape index (κ3) is 2.58. The highest BCUT2D eigenvalue weighted by molar-refractivity contribution is 5.88. The summed E-state index contributed by atoms with van der Waals surface area (Å²) in [5.41, 5.74) is 3.19. The van der Waals surface area contributed by atoms with Gasteiger partial charge in [0.2, 0.25) is 0 Å². The summed E-state index contributed by atoms with van der Waals surface area (Å²) in [5, 5.41) is 9.98. The smallest absolute Gasteiger partial charge is 0.335 e. The van der Waals surface area contributed by atoms with Crippen molar-refractivity contribution in [2.45, 2.75) is 6.92 Å². The lowest BCUT2D eigenvalue weighted by atomic mass is 10.1. The second-order valence-electron chi connectivity index (χ2n) is 4.85. The topological polar surface area (TPSA) is 50.4 Å². The van der Waals surface area contributed by atoms with Crippen LogP contribution < -0.4 is 0 Å². The highest BCUT2D eigenvalue weighted by Gasteiger charge is 2.06. The van der Waals surface area contributed by atoms with E-state index in [0.717, 1.165) is 27.9 Å². The molecule has 0 amide bonds. The molecular formula is C18H14O3. The van der Waals surface area contributed by atoms with Gasteiger partial charge in [-0.25, -0.2) is 4.79 Å². The SMILES string of the molecule is Cc1c(C=Cc2ccc(C(=O)O)cc2)oc2ccccc12. The van der Waals surface area contributed by atoms with Gasteiger partial charge in [-0.2, -0.15) is 0 Å². The van der Waals surface area contributed by atoms with Crippen molar-refractivity contribution in [3.63, 3.8) is 0 Å². The number of fused-ring (bicyclic) bond motifs is 1. The van der Waals surface area contributed by atoms with Crippen LogP contribution in [0.1, 0.15) is 27.2 Å². The minimum absolute atomic E-state index is 0.284. The summed E-state index contributed by atoms with van der Waals surface area (Å²) < 4.78 is 5.80. The summed E-state index contributed by atoms with van der Waals surface area (Å²) in [6.07, 6.45) is 3.82. The Morgan fingerprint density at radius 2 is 1.76 bits per heavy atom. The van der Waals surface area contributed by atoms with E-state index in [9.17, 15) is 4.79 Å². The number of aryl methyl sites for hydroxylation is 1. The van der Waals surface area contributed by atoms with Gasteiger partial charge in [-0.1, -0.05) is 36.4 Å². The highest BCUT2D eigenvalue weighted by atomic mass is 16.4. The van der Waals surface area contributed by atoms with Gasteiger partial charge >= 0.3 is 5.97 Å². The fraction of sp³-hybridized carbons (Fsp3) is 0.0556. The number of hydrogen-bond donors (Lipinski definition) is 1. The lowest BCUT2D eigenvalue weighted by Crippen LogP contribution is -1.94. The van der Waals surface area contributed by atoms with Gasteiger partial charge in [0.05, 0.1) is 5.56 Å². The molecule has 0 unspecified atom stereocenters. The first-order valence-electron chi connectivity index (χ1n) is 6.65. The van der Waals surface area contributed by atoms with Gasteiger partial charge in [-0.05, 0) is 36.8 Å². The van der Waals surface area contributed by atoms with Crippen molar-refractivity contribution in [3.05, 3.63) is 71.0 Å². The predicted octanol–water partition coefficient (Wildman–Crippen LogP) is 4.61. The van der Waals surface area contributed by atoms with Crippen LogP contribution in [0.4, 0.5) is 0 Å². The van der Waals surface area contributed by atoms with Crippen LogP contribution in [0.25, 0.3) is 23.1 Å². The van der Waals surface area contributed by atoms with Gasteiger partial charge in [-0.15, -0.1) is 0 Å². The van der Waals surface area contributed by atoms with Crippen molar-refractivity contribution in [2.24, 2.45) is 0 Å². The molecule has 21 heavy (non-hydrogen) atoms. The van der Waals surface area contributed by atoms with Crippen LogP contribution in [0.15, 0.2) is 52.9 Å². The van der Waals surface area contributed by atoms with Crippen LogP contribution in [-0.4, -0.2) is 11.1 Å². The number of aromatic carboxylic acids is 1. The Labute approximate surface area is 122 Å². The molecule has 0 aliphatic carbocycles. The van der Waals surface area contributed by atoms with E-state index in [4.69, 9.17) is 9.52 Å². The fourth-order valence-electron chi connectivity index (χ4n) is 2.26. The average Bonchev–Trinajstić information content (AvgIpc) is 2.82. The molecule has 3 rings (SSSR count). The molecule has 1 heterocycles. The number of carboxylic acids is 1. The number of rotatable bonds is 3. The van der Waals surface area contributed by atoms with E-state index in [0.29, 0.717) is 0 Å². The number of carbonyl (C=O) groups is 1. The Bertz CT molecular complexity index is 823. The first-order chi connectivity index (χ1) is 10.1. The zero-order chi connectivity index (χ0) is 14.8. The van der Waals surface area contributed by atoms with Gasteiger partial charge in [0, 0.05) is 10.9 Å². The van der Waals surface area contributed by atoms with Gasteiger partial charge in [-0.3, -0.25) is 0 Å². The van der Waals surface area contributed by atoms with Crippen LogP contribution in [0.5, 0.6) is 0 Å². The maximum Gasteiger partial charge on any atom is 0.335 e. The van der Waals surface area contributed by atoms with Crippen LogP contribution in [0, 0.1) is 6.92 Å². The standard InChI is InChI=1S/C18H14O3/c1-12-15-4-2-3-5-17(15)21-16(12)11-8-13-6-9-14(10-7-13)18(19)20/h2-11H,1H3,(H,19,20). The summed E-state index contributed by atoms with van der Waals surface area (Å²) in [6, 6.07) is 14.7. The normalized spacial score (nSPS) is 11.3. The van der Waals surface area contributed by atoms with Crippen molar-refractivity contribution in [1.29, 1.82) is 0 Å². The molecule has 0 bridgehead atoms. The molecule has 1 aromatic heterocycles. The molecule has 0 aliphatic heterocycles. The van der Waals surface area contributed by atoms with E-state index in [2.05, 4.69) is 0 Å². The molecule has 0 radical (unpaired) electrons. The molecule has 3 heteroatoms. The maximum atomic E-state index is 10.8. The highest BCUT2D eigenvalue weighted by Crippen LogP contribution is 2.26. The van der Waals surface area contributed by atoms with E-state index in [1.807, 2.05) is 43.3 Å². The number of carboxylic acid groups (broad SMARTS) is 1. The van der Waals surface area contributed by atoms with E-state index >= 15 is 0 Å². The zero-order valence-electron chi connectivity index (χ0n) is 11.5. The van der Waals surface area contributed by atoms with Crippen molar-refractivity contribution < 1.29 is 14.3 Å². The van der Waals surface area contributed by atoms with E-state index in [-0.39, 0.29) is 5.56 Å². The second-order valence-corrected chi connectivity index (χ2v) is 4.85. The first-order valence-corrected chi connectivity index (χ1v) is 6.65. The molecule has 0 atom stereocenters. The minimum atomic E-state index is -0.918. The third-order valence-electron chi connectivity index (χ3n) is 3.47. The molecule has 2 aromatic carbocycles. The number of furan rings is 1. The average molecular weight is 278 g/mol. The Morgan fingerprint density at radius 1 is 1.05 bits per heavy atom. The molecule has 0 spiro atoms. The van der Waals surface area contributed by atoms with Gasteiger partial charge in [0.15, 0.2) is 0 Å². The van der Waals surface area contributed by atoms with E-state index in [1.54, 1.807) is 24.3 Å². The van der Waals surface area contributed by atoms with Crippen LogP contribution in [0.3, 0.4) is 0 Å². The lowest BCUT2D eigenvalue weighted by Gasteiger charge is -1.96. The van der Waals surface area contributed by atoms with Crippen LogP contribution in [-0.2, 0) is 0 Å². The number of hydrogen-bond acceptors (Lipinski definition) is 2. The van der Waals surface area contributed by atoms with Crippen molar-refractivity contribution in [1.82, 2.24) is 0 Å². The second kappa shape index (κ2) is 5.29. The molecular weight excluding hydrogens is 264 g/mol. The third-order valence-corrected chi connectivity index (χ3v) is 3.47. The molecule has 104 valence electrons. The maximum absolute atomic E-state index is 10.8. The Hall–Kier alpha value is -2.81. The van der Waals surface area contributed by atoms with Gasteiger partial charge in [0.25, 0.3) is 0 Å². The molecule has 0 saturated heterocycles. The number of para-hydroxylation sites is 1. The molecule has 0 aliphatic rings. The monoisotopic (exact) mass is 278 g/mol. The lowest BCUT2D eigenvalue weighted by molar-refractivity contribution is 0.0697. The van der Waals surface area contributed by atoms with Crippen molar-refractivity contribution in [3.8, 4) is 0 Å². The summed E-state index contributed by atoms with van der Waals surface area (Å²) in [6.45, 7) is 2.03. The molecule has 1 N–H and O–H groups in total. The molecule has 3 nitrogen and oxygen atoms in total. The first kappa shape index (κ1) is 13.2. The fourth-order valence-corrected chi connectivity index (χ4v) is 2.26. The van der Waals surface area contributed by atoms with E-state index < -0.39 is 5.97 Å². The molecule has 0 saturated carbocycles. The molecule has 0 fully saturated rings. The van der Waals surface area contributed by atoms with Crippen molar-refractivity contribution >= 4 is 29.1 Å². The summed E-state index contributed by atoms with van der Waals surface area (Å²) in [5.74, 6) is -0.0998. The minimum Gasteiger partial charge on any atom is -0.478 e. The molecule has 3 aromatic rings. The quantitative estimate of drug-likeness (QED) is 0.761.